The molecular weight excluding hydrogens is 1010 g/mol. The molecule has 0 saturated heterocycles. The van der Waals surface area contributed by atoms with Crippen molar-refractivity contribution in [2.75, 3.05) is 47.5 Å². The molecule has 0 heterocycles. The van der Waals surface area contributed by atoms with Gasteiger partial charge in [-0.2, -0.15) is 0 Å². The van der Waals surface area contributed by atoms with Crippen molar-refractivity contribution in [3.05, 3.63) is 122 Å². The van der Waals surface area contributed by atoms with Gasteiger partial charge in [0.15, 0.2) is 6.10 Å². The first-order valence-corrected chi connectivity index (χ1v) is 33.7. The number of carbonyl (C=O) groups excluding carboxylic acids is 2. The second kappa shape index (κ2) is 60.0. The van der Waals surface area contributed by atoms with Gasteiger partial charge in [0.1, 0.15) is 19.8 Å². The zero-order valence-electron chi connectivity index (χ0n) is 52.0. The number of ether oxygens (including phenoxy) is 2. The highest BCUT2D eigenvalue weighted by Gasteiger charge is 2.22. The lowest BCUT2D eigenvalue weighted by atomic mass is 10.0. The molecule has 2 atom stereocenters. The number of allylic oxidation sites excluding steroid dienone is 20. The van der Waals surface area contributed by atoms with Gasteiger partial charge < -0.3 is 27.9 Å². The average Bonchev–Trinajstić information content (AvgIpc) is 3.42. The number of hydrogen-bond acceptors (Lipinski definition) is 8. The van der Waals surface area contributed by atoms with E-state index in [1.54, 1.807) is 0 Å². The molecule has 0 aliphatic heterocycles. The van der Waals surface area contributed by atoms with Crippen LogP contribution in [0.4, 0.5) is 0 Å². The number of likely N-dealkylation sites (N-methyl/N-ethyl adjacent to an activating group) is 1. The first kappa shape index (κ1) is 76.4. The summed E-state index contributed by atoms with van der Waals surface area (Å²) in [6.45, 7) is 4.08. The van der Waals surface area contributed by atoms with Gasteiger partial charge in [-0.3, -0.25) is 14.2 Å². The Morgan fingerprint density at radius 1 is 0.400 bits per heavy atom. The number of carbonyl (C=O) groups is 2. The summed E-state index contributed by atoms with van der Waals surface area (Å²) in [6.07, 6.45) is 85.6. The maximum absolute atomic E-state index is 12.8. The number of phosphoric acid groups is 1. The standard InChI is InChI=1S/C70H120NO8P/c1-6-8-10-12-14-16-18-20-22-23-24-25-26-27-28-29-30-31-32-33-34-35-36-37-38-39-40-41-42-43-44-45-46-47-49-51-53-55-57-59-61-63-70(73)79-68(67-78-80(74,75)77-65-64-71(3,4)5)66-76-69(72)62-60-58-56-54-52-50-48-21-19-17-15-13-11-9-7-2/h8,10,14-17,20-22,24-25,27-28,30-31,33-34,36-37,48,68H,6-7,9,11-13,18-19,23,26,29,32,35,38-47,49-67H2,1-5H3/b10-8-,16-14-,17-15-,22-20-,25-24-,28-27-,31-30-,34-33-,37-36-,48-21-. The molecule has 0 aromatic heterocycles. The van der Waals surface area contributed by atoms with Crippen LogP contribution < -0.4 is 4.89 Å². The molecule has 0 aromatic rings. The molecule has 0 radical (unpaired) electrons. The summed E-state index contributed by atoms with van der Waals surface area (Å²) < 4.78 is 34.2. The van der Waals surface area contributed by atoms with Gasteiger partial charge in [0.25, 0.3) is 7.82 Å². The van der Waals surface area contributed by atoms with E-state index in [9.17, 15) is 19.0 Å². The van der Waals surface area contributed by atoms with Crippen molar-refractivity contribution < 1.29 is 42.1 Å². The minimum Gasteiger partial charge on any atom is -0.756 e. The maximum atomic E-state index is 12.8. The fraction of sp³-hybridized carbons (Fsp3) is 0.686. The van der Waals surface area contributed by atoms with Crippen molar-refractivity contribution in [1.82, 2.24) is 0 Å². The largest absolute Gasteiger partial charge is 0.756 e. The molecule has 9 nitrogen and oxygen atoms in total. The predicted molar refractivity (Wildman–Crippen MR) is 341 cm³/mol. The molecule has 2 unspecified atom stereocenters. The molecule has 0 N–H and O–H groups in total. The smallest absolute Gasteiger partial charge is 0.306 e. The van der Waals surface area contributed by atoms with E-state index in [1.165, 1.54) is 109 Å². The van der Waals surface area contributed by atoms with Crippen molar-refractivity contribution in [3.63, 3.8) is 0 Å². The lowest BCUT2D eigenvalue weighted by molar-refractivity contribution is -0.870. The Hall–Kier alpha value is -3.59. The Bertz CT molecular complexity index is 1760. The Balaban J connectivity index is 4.00. The normalized spacial score (nSPS) is 14.0. The molecular formula is C70H120NO8P. The number of nitrogens with zero attached hydrogens (tertiary/aromatic N) is 1. The van der Waals surface area contributed by atoms with Crippen LogP contribution in [0.25, 0.3) is 0 Å². The minimum absolute atomic E-state index is 0.0368. The van der Waals surface area contributed by atoms with Crippen LogP contribution in [0.5, 0.6) is 0 Å². The van der Waals surface area contributed by atoms with E-state index < -0.39 is 32.5 Å². The summed E-state index contributed by atoms with van der Waals surface area (Å²) in [5.74, 6) is -0.850. The van der Waals surface area contributed by atoms with E-state index in [2.05, 4.69) is 135 Å². The highest BCUT2D eigenvalue weighted by molar-refractivity contribution is 7.45. The number of hydrogen-bond donors (Lipinski definition) is 0. The first-order valence-electron chi connectivity index (χ1n) is 32.2. The van der Waals surface area contributed by atoms with Gasteiger partial charge in [-0.05, 0) is 109 Å². The molecule has 80 heavy (non-hydrogen) atoms. The third kappa shape index (κ3) is 63.6. The van der Waals surface area contributed by atoms with Gasteiger partial charge in [-0.25, -0.2) is 0 Å². The Morgan fingerprint density at radius 3 is 1.06 bits per heavy atom. The van der Waals surface area contributed by atoms with Gasteiger partial charge in [-0.15, -0.1) is 0 Å². The Kier molecular flexibility index (Phi) is 57.3. The molecule has 10 heteroatoms. The van der Waals surface area contributed by atoms with Crippen LogP contribution in [0.3, 0.4) is 0 Å². The highest BCUT2D eigenvalue weighted by Crippen LogP contribution is 2.38. The summed E-state index contributed by atoms with van der Waals surface area (Å²) in [6, 6.07) is 0. The SMILES string of the molecule is CC/C=C\C/C=C\C/C=C\C/C=C\C/C=C\C/C=C\C/C=C\C/C=C\CCCCCCCCCCCCCCCCCCC(=O)OC(COC(=O)CCCCCCC/C=C\C/C=C\CCCCC)COP(=O)([O-])OCC[N+](C)(C)C. The molecule has 0 saturated carbocycles. The molecule has 0 rings (SSSR count). The molecule has 0 fully saturated rings. The molecule has 0 amide bonds. The van der Waals surface area contributed by atoms with Crippen molar-refractivity contribution in [2.45, 2.75) is 264 Å². The van der Waals surface area contributed by atoms with E-state index in [-0.39, 0.29) is 26.1 Å². The van der Waals surface area contributed by atoms with Crippen molar-refractivity contribution in [2.24, 2.45) is 0 Å². The van der Waals surface area contributed by atoms with Gasteiger partial charge in [-0.1, -0.05) is 257 Å². The van der Waals surface area contributed by atoms with E-state index in [4.69, 9.17) is 18.5 Å². The van der Waals surface area contributed by atoms with Crippen LogP contribution in [-0.2, 0) is 32.7 Å². The van der Waals surface area contributed by atoms with Crippen molar-refractivity contribution >= 4 is 19.8 Å². The topological polar surface area (TPSA) is 111 Å². The minimum atomic E-state index is -4.64. The number of quaternary nitrogens is 1. The average molecular weight is 1130 g/mol. The van der Waals surface area contributed by atoms with E-state index in [0.29, 0.717) is 23.9 Å². The predicted octanol–water partition coefficient (Wildman–Crippen LogP) is 20.1. The number of unbranched alkanes of at least 4 members (excludes halogenated alkanes) is 24. The number of esters is 2. The van der Waals surface area contributed by atoms with Crippen LogP contribution >= 0.6 is 7.82 Å². The quantitative estimate of drug-likeness (QED) is 0.0195. The molecule has 0 spiro atoms. The molecule has 458 valence electrons. The van der Waals surface area contributed by atoms with E-state index >= 15 is 0 Å². The van der Waals surface area contributed by atoms with Crippen molar-refractivity contribution in [1.29, 1.82) is 0 Å². The third-order valence-electron chi connectivity index (χ3n) is 13.5. The number of phosphoric ester groups is 1. The lowest BCUT2D eigenvalue weighted by Gasteiger charge is -2.28. The zero-order chi connectivity index (χ0) is 58.4. The Labute approximate surface area is 492 Å². The second-order valence-electron chi connectivity index (χ2n) is 22.4. The van der Waals surface area contributed by atoms with Gasteiger partial charge >= 0.3 is 11.9 Å². The maximum Gasteiger partial charge on any atom is 0.306 e. The number of rotatable bonds is 58. The Morgan fingerprint density at radius 2 is 0.713 bits per heavy atom. The fourth-order valence-corrected chi connectivity index (χ4v) is 9.25. The summed E-state index contributed by atoms with van der Waals surface area (Å²) >= 11 is 0. The molecule has 0 aliphatic carbocycles. The van der Waals surface area contributed by atoms with Crippen LogP contribution in [0.1, 0.15) is 258 Å². The summed E-state index contributed by atoms with van der Waals surface area (Å²) in [4.78, 5) is 37.9. The first-order chi connectivity index (χ1) is 39.0. The fourth-order valence-electron chi connectivity index (χ4n) is 8.53. The van der Waals surface area contributed by atoms with Crippen LogP contribution in [0.2, 0.25) is 0 Å². The summed E-state index contributed by atoms with van der Waals surface area (Å²) in [5, 5.41) is 0. The zero-order valence-corrected chi connectivity index (χ0v) is 52.9. The monoisotopic (exact) mass is 1130 g/mol. The van der Waals surface area contributed by atoms with Gasteiger partial charge in [0.2, 0.25) is 0 Å². The third-order valence-corrected chi connectivity index (χ3v) is 14.4. The molecule has 0 bridgehead atoms. The van der Waals surface area contributed by atoms with Crippen LogP contribution in [0, 0.1) is 0 Å². The van der Waals surface area contributed by atoms with Crippen LogP contribution in [-0.4, -0.2) is 70.0 Å². The second-order valence-corrected chi connectivity index (χ2v) is 23.8. The van der Waals surface area contributed by atoms with E-state index in [1.807, 2.05) is 21.1 Å². The molecule has 0 aromatic carbocycles. The van der Waals surface area contributed by atoms with Gasteiger partial charge in [0.05, 0.1) is 27.7 Å². The van der Waals surface area contributed by atoms with Crippen LogP contribution in [0.15, 0.2) is 122 Å². The summed E-state index contributed by atoms with van der Waals surface area (Å²) in [7, 11) is 1.15. The summed E-state index contributed by atoms with van der Waals surface area (Å²) in [5.41, 5.74) is 0. The molecule has 0 aliphatic rings. The van der Waals surface area contributed by atoms with Crippen molar-refractivity contribution in [3.8, 4) is 0 Å². The van der Waals surface area contributed by atoms with E-state index in [0.717, 1.165) is 109 Å². The van der Waals surface area contributed by atoms with Gasteiger partial charge in [0, 0.05) is 12.8 Å². The lowest BCUT2D eigenvalue weighted by Crippen LogP contribution is -2.37. The highest BCUT2D eigenvalue weighted by atomic mass is 31.2.